The highest BCUT2D eigenvalue weighted by Crippen LogP contribution is 2.48. The molecule has 0 aromatic heterocycles. The zero-order chi connectivity index (χ0) is 19.3. The Kier molecular flexibility index (Phi) is 4.33. The van der Waals surface area contributed by atoms with Crippen molar-refractivity contribution in [1.82, 2.24) is 5.32 Å². The molecule has 6 heteroatoms. The van der Waals surface area contributed by atoms with Crippen molar-refractivity contribution in [2.24, 2.45) is 0 Å². The number of nitrogens with one attached hydrogen (secondary N) is 1. The molecule has 0 saturated carbocycles. The summed E-state index contributed by atoms with van der Waals surface area (Å²) in [4.78, 5) is 25.8. The maximum absolute atomic E-state index is 13.2. The van der Waals surface area contributed by atoms with E-state index in [2.05, 4.69) is 5.32 Å². The smallest absolute Gasteiger partial charge is 0.336 e. The lowest BCUT2D eigenvalue weighted by Gasteiger charge is -2.29. The lowest BCUT2D eigenvalue weighted by molar-refractivity contribution is -0.136. The summed E-state index contributed by atoms with van der Waals surface area (Å²) >= 11 is 12.7. The molecule has 136 valence electrons. The van der Waals surface area contributed by atoms with Crippen LogP contribution in [0.4, 0.5) is 0 Å². The van der Waals surface area contributed by atoms with Crippen LogP contribution in [0.25, 0.3) is 5.70 Å². The Hall–Kier alpha value is -2.56. The molecule has 1 atom stereocenters. The molecule has 4 nitrogen and oxygen atoms in total. The first kappa shape index (κ1) is 17.8. The van der Waals surface area contributed by atoms with Crippen LogP contribution in [0.1, 0.15) is 34.3 Å². The molecule has 0 saturated heterocycles. The molecule has 1 aliphatic heterocycles. The number of methoxy groups -OCH3 is 1. The van der Waals surface area contributed by atoms with E-state index >= 15 is 0 Å². The Labute approximate surface area is 166 Å². The number of fused-ring (bicyclic) bond motifs is 2. The van der Waals surface area contributed by atoms with Crippen molar-refractivity contribution >= 4 is 40.7 Å². The van der Waals surface area contributed by atoms with Crippen molar-refractivity contribution in [2.45, 2.75) is 12.8 Å². The average molecular weight is 400 g/mol. The minimum atomic E-state index is -0.667. The number of ether oxygens (including phenoxy) is 1. The van der Waals surface area contributed by atoms with Crippen molar-refractivity contribution in [3.05, 3.63) is 86.0 Å². The van der Waals surface area contributed by atoms with Crippen molar-refractivity contribution in [3.8, 4) is 0 Å². The fourth-order valence-corrected chi connectivity index (χ4v) is 4.18. The summed E-state index contributed by atoms with van der Waals surface area (Å²) in [5.41, 5.74) is 4.14. The average Bonchev–Trinajstić information content (AvgIpc) is 2.95. The quantitative estimate of drug-likeness (QED) is 0.741. The summed E-state index contributed by atoms with van der Waals surface area (Å²) in [6.07, 6.45) is 0. The maximum atomic E-state index is 13.2. The second-order valence-corrected chi connectivity index (χ2v) is 7.18. The molecule has 27 heavy (non-hydrogen) atoms. The predicted molar refractivity (Wildman–Crippen MR) is 105 cm³/mol. The van der Waals surface area contributed by atoms with Crippen LogP contribution < -0.4 is 5.32 Å². The van der Waals surface area contributed by atoms with Crippen LogP contribution in [0.15, 0.2) is 59.3 Å². The molecule has 0 radical (unpaired) electrons. The summed E-state index contributed by atoms with van der Waals surface area (Å²) in [5, 5.41) is 3.90. The van der Waals surface area contributed by atoms with Gasteiger partial charge >= 0.3 is 5.97 Å². The Morgan fingerprint density at radius 1 is 1.07 bits per heavy atom. The second-order valence-electron chi connectivity index (χ2n) is 6.39. The van der Waals surface area contributed by atoms with Gasteiger partial charge in [-0.15, -0.1) is 0 Å². The molecule has 0 bridgehead atoms. The molecule has 2 aromatic carbocycles. The van der Waals surface area contributed by atoms with Crippen LogP contribution in [-0.2, 0) is 9.53 Å². The highest BCUT2D eigenvalue weighted by Gasteiger charge is 2.43. The molecule has 1 heterocycles. The van der Waals surface area contributed by atoms with Gasteiger partial charge < -0.3 is 10.1 Å². The molecule has 2 aliphatic rings. The Morgan fingerprint density at radius 2 is 1.78 bits per heavy atom. The summed E-state index contributed by atoms with van der Waals surface area (Å²) < 4.78 is 5.00. The van der Waals surface area contributed by atoms with E-state index in [1.165, 1.54) is 7.11 Å². The van der Waals surface area contributed by atoms with Gasteiger partial charge in [0.05, 0.1) is 34.3 Å². The number of benzene rings is 2. The highest BCUT2D eigenvalue weighted by molar-refractivity contribution is 6.42. The Balaban J connectivity index is 2.01. The van der Waals surface area contributed by atoms with Crippen molar-refractivity contribution in [2.75, 3.05) is 7.11 Å². The fourth-order valence-electron chi connectivity index (χ4n) is 3.76. The van der Waals surface area contributed by atoms with Crippen LogP contribution in [0.2, 0.25) is 10.0 Å². The fraction of sp³-hybridized carbons (Fsp3) is 0.143. The molecule has 0 fully saturated rings. The number of Topliss-reactive ketones (excluding diaryl/α,β-unsaturated/α-hetero) is 1. The first-order chi connectivity index (χ1) is 13.0. The predicted octanol–water partition coefficient (Wildman–Crippen LogP) is 4.73. The number of rotatable bonds is 2. The van der Waals surface area contributed by atoms with E-state index in [4.69, 9.17) is 27.9 Å². The molecule has 0 spiro atoms. The third-order valence-corrected chi connectivity index (χ3v) is 5.78. The van der Waals surface area contributed by atoms with E-state index in [9.17, 15) is 9.59 Å². The number of carbonyl (C=O) groups excluding carboxylic acids is 2. The molecular weight excluding hydrogens is 385 g/mol. The number of hydrogen-bond acceptors (Lipinski definition) is 4. The van der Waals surface area contributed by atoms with Crippen LogP contribution >= 0.6 is 23.2 Å². The van der Waals surface area contributed by atoms with E-state index in [0.717, 1.165) is 5.56 Å². The van der Waals surface area contributed by atoms with Crippen LogP contribution in [0, 0.1) is 0 Å². The first-order valence-electron chi connectivity index (χ1n) is 8.34. The first-order valence-corrected chi connectivity index (χ1v) is 9.09. The van der Waals surface area contributed by atoms with Gasteiger partial charge in [0.15, 0.2) is 5.78 Å². The standard InChI is InChI=1S/C21H15Cl2NO3/c1-10-15(21(26)27-2)16(13-8-5-9-14(22)18(13)23)17-19(24-10)11-6-3-4-7-12(11)20(17)25/h3-9,16,24H,1-2H3/t16-/m1/s1. The third-order valence-electron chi connectivity index (χ3n) is 4.95. The topological polar surface area (TPSA) is 55.4 Å². The summed E-state index contributed by atoms with van der Waals surface area (Å²) in [7, 11) is 1.31. The van der Waals surface area contributed by atoms with Crippen molar-refractivity contribution in [1.29, 1.82) is 0 Å². The lowest BCUT2D eigenvalue weighted by atomic mass is 9.80. The molecule has 0 unspecified atom stereocenters. The summed E-state index contributed by atoms with van der Waals surface area (Å²) in [6, 6.07) is 12.6. The van der Waals surface area contributed by atoms with E-state index < -0.39 is 11.9 Å². The molecule has 2 aromatic rings. The largest absolute Gasteiger partial charge is 0.466 e. The van der Waals surface area contributed by atoms with Crippen molar-refractivity contribution in [3.63, 3.8) is 0 Å². The maximum Gasteiger partial charge on any atom is 0.336 e. The normalized spacial score (nSPS) is 18.2. The molecule has 1 N–H and O–H groups in total. The number of esters is 1. The van der Waals surface area contributed by atoms with Crippen molar-refractivity contribution < 1.29 is 14.3 Å². The number of hydrogen-bond donors (Lipinski definition) is 1. The minimum Gasteiger partial charge on any atom is -0.466 e. The molecule has 1 aliphatic carbocycles. The minimum absolute atomic E-state index is 0.136. The van der Waals surface area contributed by atoms with E-state index in [-0.39, 0.29) is 5.78 Å². The summed E-state index contributed by atoms with van der Waals surface area (Å²) in [5.74, 6) is -1.32. The van der Waals surface area contributed by atoms with Gasteiger partial charge in [0.25, 0.3) is 0 Å². The van der Waals surface area contributed by atoms with Crippen LogP contribution in [0.5, 0.6) is 0 Å². The molecule has 0 amide bonds. The zero-order valence-electron chi connectivity index (χ0n) is 14.6. The third kappa shape index (κ3) is 2.59. The Bertz CT molecular complexity index is 1070. The summed E-state index contributed by atoms with van der Waals surface area (Å²) in [6.45, 7) is 1.78. The molecule has 4 rings (SSSR count). The van der Waals surface area contributed by atoms with E-state index in [0.29, 0.717) is 43.7 Å². The highest BCUT2D eigenvalue weighted by atomic mass is 35.5. The van der Waals surface area contributed by atoms with Crippen LogP contribution in [-0.4, -0.2) is 18.9 Å². The van der Waals surface area contributed by atoms with Crippen LogP contribution in [0.3, 0.4) is 0 Å². The van der Waals surface area contributed by atoms with Gasteiger partial charge in [0, 0.05) is 22.4 Å². The molecular formula is C21H15Cl2NO3. The Morgan fingerprint density at radius 3 is 2.48 bits per heavy atom. The van der Waals surface area contributed by atoms with Gasteiger partial charge in [-0.1, -0.05) is 59.6 Å². The zero-order valence-corrected chi connectivity index (χ0v) is 16.1. The van der Waals surface area contributed by atoms with Gasteiger partial charge in [0.1, 0.15) is 0 Å². The van der Waals surface area contributed by atoms with Gasteiger partial charge in [-0.3, -0.25) is 4.79 Å². The number of halogens is 2. The van der Waals surface area contributed by atoms with E-state index in [1.54, 1.807) is 31.2 Å². The SMILES string of the molecule is COC(=O)C1=C(C)NC2=C(C(=O)c3ccccc32)[C@@H]1c1cccc(Cl)c1Cl. The lowest BCUT2D eigenvalue weighted by Crippen LogP contribution is -2.29. The van der Waals surface area contributed by atoms with Gasteiger partial charge in [-0.05, 0) is 18.6 Å². The number of dihydropyridines is 1. The number of carbonyl (C=O) groups is 2. The van der Waals surface area contributed by atoms with E-state index in [1.807, 2.05) is 18.2 Å². The van der Waals surface area contributed by atoms with Gasteiger partial charge in [-0.2, -0.15) is 0 Å². The van der Waals surface area contributed by atoms with Gasteiger partial charge in [0.2, 0.25) is 0 Å². The second kappa shape index (κ2) is 6.55. The number of ketones is 1. The van der Waals surface area contributed by atoms with Gasteiger partial charge in [-0.25, -0.2) is 4.79 Å². The number of allylic oxidation sites excluding steroid dienone is 2. The monoisotopic (exact) mass is 399 g/mol.